The third kappa shape index (κ3) is 4.60. The van der Waals surface area contributed by atoms with Crippen molar-refractivity contribution in [1.82, 2.24) is 5.32 Å². The van der Waals surface area contributed by atoms with E-state index in [0.29, 0.717) is 11.3 Å². The monoisotopic (exact) mass is 360 g/mol. The van der Waals surface area contributed by atoms with Crippen molar-refractivity contribution < 1.29 is 13.2 Å². The van der Waals surface area contributed by atoms with Crippen LogP contribution in [0.4, 0.5) is 5.69 Å². The lowest BCUT2D eigenvalue weighted by Gasteiger charge is -2.15. The van der Waals surface area contributed by atoms with E-state index in [4.69, 9.17) is 0 Å². The van der Waals surface area contributed by atoms with E-state index in [0.717, 1.165) is 17.5 Å². The summed E-state index contributed by atoms with van der Waals surface area (Å²) in [5.41, 5.74) is 2.45. The zero-order valence-electron chi connectivity index (χ0n) is 15.0. The van der Waals surface area contributed by atoms with E-state index in [1.165, 1.54) is 12.1 Å². The number of amides is 1. The first kappa shape index (κ1) is 19.0. The predicted molar refractivity (Wildman–Crippen MR) is 100 cm³/mol. The number of nitrogens with one attached hydrogen (secondary N) is 2. The number of carbonyl (C=O) groups excluding carboxylic acids is 1. The summed E-state index contributed by atoms with van der Waals surface area (Å²) >= 11 is 0. The number of rotatable bonds is 6. The molecule has 0 heterocycles. The van der Waals surface area contributed by atoms with Gasteiger partial charge in [0.2, 0.25) is 0 Å². The fourth-order valence-electron chi connectivity index (χ4n) is 2.31. The van der Waals surface area contributed by atoms with Crippen molar-refractivity contribution in [3.05, 3.63) is 59.2 Å². The summed E-state index contributed by atoms with van der Waals surface area (Å²) in [5, 5.41) is 2.87. The van der Waals surface area contributed by atoms with Crippen molar-refractivity contribution in [2.24, 2.45) is 0 Å². The number of sulfonamides is 1. The van der Waals surface area contributed by atoms with E-state index in [-0.39, 0.29) is 16.8 Å². The van der Waals surface area contributed by atoms with Crippen LogP contribution in [0.25, 0.3) is 0 Å². The van der Waals surface area contributed by atoms with Gasteiger partial charge in [0.05, 0.1) is 10.6 Å². The molecule has 0 saturated heterocycles. The Kier molecular flexibility index (Phi) is 5.85. The van der Waals surface area contributed by atoms with Gasteiger partial charge in [-0.1, -0.05) is 31.2 Å². The lowest BCUT2D eigenvalue weighted by atomic mass is 10.1. The Morgan fingerprint density at radius 2 is 1.76 bits per heavy atom. The smallest absolute Gasteiger partial charge is 0.261 e. The second-order valence-electron chi connectivity index (χ2n) is 6.18. The van der Waals surface area contributed by atoms with Crippen LogP contribution in [0.1, 0.15) is 41.8 Å². The first-order chi connectivity index (χ1) is 11.7. The standard InChI is InChI=1S/C19H24N2O3S/c1-5-15(4)20-19(22)17-12-16(11-10-13(17)2)25(23,24)21-18-9-7-6-8-14(18)3/h6-12,15,21H,5H2,1-4H3,(H,20,22)/t15-/m0/s1. The van der Waals surface area contributed by atoms with Gasteiger partial charge >= 0.3 is 0 Å². The Morgan fingerprint density at radius 1 is 1.08 bits per heavy atom. The highest BCUT2D eigenvalue weighted by Crippen LogP contribution is 2.21. The van der Waals surface area contributed by atoms with Crippen LogP contribution >= 0.6 is 0 Å². The highest BCUT2D eigenvalue weighted by Gasteiger charge is 2.19. The van der Waals surface area contributed by atoms with Crippen LogP contribution in [-0.4, -0.2) is 20.4 Å². The minimum absolute atomic E-state index is 0.0252. The molecule has 0 spiro atoms. The Hall–Kier alpha value is -2.34. The molecule has 1 atom stereocenters. The van der Waals surface area contributed by atoms with E-state index in [1.54, 1.807) is 25.1 Å². The molecule has 0 aliphatic heterocycles. The quantitative estimate of drug-likeness (QED) is 0.826. The van der Waals surface area contributed by atoms with E-state index in [9.17, 15) is 13.2 Å². The van der Waals surface area contributed by atoms with Crippen LogP contribution in [-0.2, 0) is 10.0 Å². The maximum atomic E-state index is 12.7. The molecule has 0 aliphatic carbocycles. The molecule has 2 rings (SSSR count). The van der Waals surface area contributed by atoms with Crippen molar-refractivity contribution >= 4 is 21.6 Å². The van der Waals surface area contributed by atoms with Gasteiger partial charge in [0.25, 0.3) is 15.9 Å². The fourth-order valence-corrected chi connectivity index (χ4v) is 3.46. The van der Waals surface area contributed by atoms with Crippen LogP contribution in [0.3, 0.4) is 0 Å². The summed E-state index contributed by atoms with van der Waals surface area (Å²) in [6, 6.07) is 11.8. The van der Waals surface area contributed by atoms with Crippen LogP contribution in [0, 0.1) is 13.8 Å². The molecule has 0 radical (unpaired) electrons. The molecule has 0 fully saturated rings. The van der Waals surface area contributed by atoms with Crippen LogP contribution in [0.15, 0.2) is 47.4 Å². The minimum Gasteiger partial charge on any atom is -0.350 e. The van der Waals surface area contributed by atoms with Gasteiger partial charge < -0.3 is 5.32 Å². The first-order valence-corrected chi connectivity index (χ1v) is 9.73. The van der Waals surface area contributed by atoms with Crippen LogP contribution in [0.5, 0.6) is 0 Å². The van der Waals surface area contributed by atoms with Gasteiger partial charge in [0.1, 0.15) is 0 Å². The van der Waals surface area contributed by atoms with E-state index >= 15 is 0 Å². The number of anilines is 1. The topological polar surface area (TPSA) is 75.3 Å². The highest BCUT2D eigenvalue weighted by molar-refractivity contribution is 7.92. The minimum atomic E-state index is -3.77. The Bertz CT molecular complexity index is 876. The maximum Gasteiger partial charge on any atom is 0.261 e. The molecule has 6 heteroatoms. The van der Waals surface area contributed by atoms with Gasteiger partial charge in [0, 0.05) is 11.6 Å². The van der Waals surface area contributed by atoms with Crippen LogP contribution in [0.2, 0.25) is 0 Å². The summed E-state index contributed by atoms with van der Waals surface area (Å²) in [6.45, 7) is 7.51. The Balaban J connectivity index is 2.34. The average molecular weight is 360 g/mol. The second kappa shape index (κ2) is 7.70. The summed E-state index contributed by atoms with van der Waals surface area (Å²) in [6.07, 6.45) is 0.803. The maximum absolute atomic E-state index is 12.7. The normalized spacial score (nSPS) is 12.5. The highest BCUT2D eigenvalue weighted by atomic mass is 32.2. The van der Waals surface area contributed by atoms with Crippen molar-refractivity contribution in [3.63, 3.8) is 0 Å². The van der Waals surface area contributed by atoms with Gasteiger partial charge in [-0.2, -0.15) is 0 Å². The van der Waals surface area contributed by atoms with E-state index < -0.39 is 10.0 Å². The molecular weight excluding hydrogens is 336 g/mol. The molecule has 134 valence electrons. The number of hydrogen-bond donors (Lipinski definition) is 2. The van der Waals surface area contributed by atoms with Gasteiger partial charge in [-0.3, -0.25) is 9.52 Å². The molecule has 2 N–H and O–H groups in total. The molecule has 0 unspecified atom stereocenters. The van der Waals surface area contributed by atoms with E-state index in [2.05, 4.69) is 10.0 Å². The molecule has 0 aromatic heterocycles. The first-order valence-electron chi connectivity index (χ1n) is 8.24. The third-order valence-electron chi connectivity index (χ3n) is 4.14. The average Bonchev–Trinajstić information content (AvgIpc) is 2.56. The van der Waals surface area contributed by atoms with Crippen molar-refractivity contribution in [2.75, 3.05) is 4.72 Å². The van der Waals surface area contributed by atoms with E-state index in [1.807, 2.05) is 32.9 Å². The molecule has 1 amide bonds. The van der Waals surface area contributed by atoms with Gasteiger partial charge in [-0.25, -0.2) is 8.42 Å². The molecule has 0 bridgehead atoms. The number of hydrogen-bond acceptors (Lipinski definition) is 3. The Morgan fingerprint density at radius 3 is 2.40 bits per heavy atom. The SMILES string of the molecule is CC[C@H](C)NC(=O)c1cc(S(=O)(=O)Nc2ccccc2C)ccc1C. The second-order valence-corrected chi connectivity index (χ2v) is 7.86. The van der Waals surface area contributed by atoms with Crippen molar-refractivity contribution in [3.8, 4) is 0 Å². The van der Waals surface area contributed by atoms with Crippen LogP contribution < -0.4 is 10.0 Å². The number of carbonyl (C=O) groups is 1. The number of benzene rings is 2. The van der Waals surface area contributed by atoms with Gasteiger partial charge in [0.15, 0.2) is 0 Å². The number of aryl methyl sites for hydroxylation is 2. The predicted octanol–water partition coefficient (Wildman–Crippen LogP) is 3.63. The van der Waals surface area contributed by atoms with Gasteiger partial charge in [-0.05, 0) is 56.5 Å². The lowest BCUT2D eigenvalue weighted by Crippen LogP contribution is -2.32. The molecule has 5 nitrogen and oxygen atoms in total. The van der Waals surface area contributed by atoms with Gasteiger partial charge in [-0.15, -0.1) is 0 Å². The zero-order chi connectivity index (χ0) is 18.6. The van der Waals surface area contributed by atoms with Crippen molar-refractivity contribution in [1.29, 1.82) is 0 Å². The summed E-state index contributed by atoms with van der Waals surface area (Å²) in [5.74, 6) is -0.264. The number of para-hydroxylation sites is 1. The Labute approximate surface area is 149 Å². The summed E-state index contributed by atoms with van der Waals surface area (Å²) in [7, 11) is -3.77. The lowest BCUT2D eigenvalue weighted by molar-refractivity contribution is 0.0938. The summed E-state index contributed by atoms with van der Waals surface area (Å²) in [4.78, 5) is 12.5. The molecule has 25 heavy (non-hydrogen) atoms. The molecule has 0 aliphatic rings. The molecular formula is C19H24N2O3S. The third-order valence-corrected chi connectivity index (χ3v) is 5.51. The fraction of sp³-hybridized carbons (Fsp3) is 0.316. The molecule has 2 aromatic rings. The summed E-state index contributed by atoms with van der Waals surface area (Å²) < 4.78 is 27.9. The molecule has 2 aromatic carbocycles. The zero-order valence-corrected chi connectivity index (χ0v) is 15.8. The van der Waals surface area contributed by atoms with Crippen molar-refractivity contribution in [2.45, 2.75) is 45.1 Å². The molecule has 0 saturated carbocycles. The largest absolute Gasteiger partial charge is 0.350 e.